The molecule has 0 unspecified atom stereocenters. The van der Waals surface area contributed by atoms with Gasteiger partial charge < -0.3 is 11.1 Å². The second-order valence-electron chi connectivity index (χ2n) is 5.38. The van der Waals surface area contributed by atoms with Gasteiger partial charge in [0.15, 0.2) is 0 Å². The molecule has 0 heterocycles. The fourth-order valence-electron chi connectivity index (χ4n) is 2.35. The third-order valence-corrected chi connectivity index (χ3v) is 4.14. The van der Waals surface area contributed by atoms with Crippen LogP contribution in [0.3, 0.4) is 0 Å². The molecule has 20 heavy (non-hydrogen) atoms. The van der Waals surface area contributed by atoms with Crippen molar-refractivity contribution in [2.45, 2.75) is 39.8 Å². The Morgan fingerprint density at radius 2 is 1.90 bits per heavy atom. The van der Waals surface area contributed by atoms with Crippen molar-refractivity contribution in [1.29, 1.82) is 0 Å². The molecule has 1 aromatic carbocycles. The van der Waals surface area contributed by atoms with Crippen LogP contribution in [0.2, 0.25) is 0 Å². The average molecular weight is 358 g/mol. The first-order chi connectivity index (χ1) is 9.34. The van der Waals surface area contributed by atoms with Crippen LogP contribution in [0.1, 0.15) is 33.3 Å². The molecule has 1 rings (SSSR count). The van der Waals surface area contributed by atoms with E-state index in [1.807, 2.05) is 18.2 Å². The fourth-order valence-corrected chi connectivity index (χ4v) is 3.29. The minimum atomic E-state index is 0.407. The molecule has 0 amide bonds. The van der Waals surface area contributed by atoms with Crippen LogP contribution < -0.4 is 11.1 Å². The van der Waals surface area contributed by atoms with Gasteiger partial charge in [0.25, 0.3) is 0 Å². The molecule has 5 heteroatoms. The highest BCUT2D eigenvalue weighted by Crippen LogP contribution is 2.24. The number of anilines is 1. The number of halogens is 1. The quantitative estimate of drug-likeness (QED) is 0.731. The summed E-state index contributed by atoms with van der Waals surface area (Å²) in [5.74, 6) is 0. The van der Waals surface area contributed by atoms with Crippen LogP contribution in [-0.2, 0) is 0 Å². The number of thiocarbonyl (C=S) groups is 1. The predicted molar refractivity (Wildman–Crippen MR) is 95.5 cm³/mol. The molecule has 112 valence electrons. The van der Waals surface area contributed by atoms with Crippen molar-refractivity contribution in [1.82, 2.24) is 4.90 Å². The van der Waals surface area contributed by atoms with Crippen LogP contribution in [0.5, 0.6) is 0 Å². The largest absolute Gasteiger partial charge is 0.389 e. The summed E-state index contributed by atoms with van der Waals surface area (Å²) in [4.78, 5) is 2.86. The van der Waals surface area contributed by atoms with E-state index in [1.165, 1.54) is 0 Å². The van der Waals surface area contributed by atoms with E-state index in [4.69, 9.17) is 18.0 Å². The molecule has 0 spiro atoms. The maximum Gasteiger partial charge on any atom is 0.107 e. The third-order valence-electron chi connectivity index (χ3n) is 3.27. The zero-order chi connectivity index (χ0) is 15.3. The van der Waals surface area contributed by atoms with Gasteiger partial charge in [-0.15, -0.1) is 0 Å². The van der Waals surface area contributed by atoms with Crippen LogP contribution >= 0.6 is 28.1 Å². The Hall–Kier alpha value is -0.650. The van der Waals surface area contributed by atoms with Crippen molar-refractivity contribution in [3.05, 3.63) is 28.2 Å². The molecule has 0 aliphatic heterocycles. The zero-order valence-electron chi connectivity index (χ0n) is 12.6. The van der Waals surface area contributed by atoms with Crippen LogP contribution in [0, 0.1) is 0 Å². The highest BCUT2D eigenvalue weighted by atomic mass is 79.9. The van der Waals surface area contributed by atoms with E-state index >= 15 is 0 Å². The molecule has 0 saturated carbocycles. The Morgan fingerprint density at radius 1 is 1.30 bits per heavy atom. The van der Waals surface area contributed by atoms with Crippen molar-refractivity contribution in [3.8, 4) is 0 Å². The fraction of sp³-hybridized carbons (Fsp3) is 0.533. The SMILES string of the molecule is CC(C)N(CCNc1cccc(Br)c1C(N)=S)C(C)C. The van der Waals surface area contributed by atoms with E-state index in [9.17, 15) is 0 Å². The van der Waals surface area contributed by atoms with Crippen LogP contribution in [0.25, 0.3) is 0 Å². The van der Waals surface area contributed by atoms with Gasteiger partial charge in [-0.3, -0.25) is 4.90 Å². The summed E-state index contributed by atoms with van der Waals surface area (Å²) in [5, 5.41) is 3.44. The highest BCUT2D eigenvalue weighted by Gasteiger charge is 2.13. The second-order valence-corrected chi connectivity index (χ2v) is 6.67. The standard InChI is InChI=1S/C15H24BrN3S/c1-10(2)19(11(3)4)9-8-18-13-7-5-6-12(16)14(13)15(17)20/h5-7,10-11,18H,8-9H2,1-4H3,(H2,17,20). The van der Waals surface area contributed by atoms with Gasteiger partial charge in [0.05, 0.1) is 0 Å². The minimum absolute atomic E-state index is 0.407. The van der Waals surface area contributed by atoms with Gasteiger partial charge in [-0.05, 0) is 55.8 Å². The average Bonchev–Trinajstić information content (AvgIpc) is 2.33. The Balaban J connectivity index is 2.71. The Labute approximate surface area is 136 Å². The first-order valence-corrected chi connectivity index (χ1v) is 8.12. The maximum atomic E-state index is 5.79. The van der Waals surface area contributed by atoms with Gasteiger partial charge in [-0.2, -0.15) is 0 Å². The smallest absolute Gasteiger partial charge is 0.107 e. The van der Waals surface area contributed by atoms with Crippen molar-refractivity contribution in [3.63, 3.8) is 0 Å². The maximum absolute atomic E-state index is 5.79. The number of benzene rings is 1. The first kappa shape index (κ1) is 17.4. The summed E-state index contributed by atoms with van der Waals surface area (Å²) in [7, 11) is 0. The lowest BCUT2D eigenvalue weighted by Crippen LogP contribution is -2.40. The third kappa shape index (κ3) is 4.72. The second kappa shape index (κ2) is 7.96. The Kier molecular flexibility index (Phi) is 6.92. The zero-order valence-corrected chi connectivity index (χ0v) is 15.0. The van der Waals surface area contributed by atoms with Gasteiger partial charge in [0.2, 0.25) is 0 Å². The number of rotatable bonds is 7. The monoisotopic (exact) mass is 357 g/mol. The first-order valence-electron chi connectivity index (χ1n) is 6.92. The summed E-state index contributed by atoms with van der Waals surface area (Å²) in [5.41, 5.74) is 7.66. The molecule has 3 N–H and O–H groups in total. The Bertz CT molecular complexity index is 452. The Morgan fingerprint density at radius 3 is 2.40 bits per heavy atom. The molecule has 3 nitrogen and oxygen atoms in total. The van der Waals surface area contributed by atoms with Gasteiger partial charge in [-0.25, -0.2) is 0 Å². The van der Waals surface area contributed by atoms with Gasteiger partial charge in [0.1, 0.15) is 4.99 Å². The molecule has 0 saturated heterocycles. The molecule has 0 radical (unpaired) electrons. The molecule has 0 bridgehead atoms. The number of hydrogen-bond acceptors (Lipinski definition) is 3. The summed E-state index contributed by atoms with van der Waals surface area (Å²) >= 11 is 8.62. The lowest BCUT2D eigenvalue weighted by atomic mass is 10.1. The van der Waals surface area contributed by atoms with Crippen molar-refractivity contribution >= 4 is 38.8 Å². The molecule has 1 aromatic rings. The summed E-state index contributed by atoms with van der Waals surface area (Å²) in [6, 6.07) is 7.02. The minimum Gasteiger partial charge on any atom is -0.389 e. The predicted octanol–water partition coefficient (Wildman–Crippen LogP) is 3.61. The molecular weight excluding hydrogens is 334 g/mol. The lowest BCUT2D eigenvalue weighted by molar-refractivity contribution is 0.182. The number of nitrogens with zero attached hydrogens (tertiary/aromatic N) is 1. The van der Waals surface area contributed by atoms with Crippen LogP contribution in [0.4, 0.5) is 5.69 Å². The summed E-state index contributed by atoms with van der Waals surface area (Å²) < 4.78 is 0.930. The molecule has 0 aliphatic carbocycles. The molecule has 0 aliphatic rings. The van der Waals surface area contributed by atoms with Gasteiger partial charge in [-0.1, -0.05) is 18.3 Å². The van der Waals surface area contributed by atoms with Crippen molar-refractivity contribution in [2.24, 2.45) is 5.73 Å². The van der Waals surface area contributed by atoms with Crippen molar-refractivity contribution < 1.29 is 0 Å². The van der Waals surface area contributed by atoms with E-state index in [-0.39, 0.29) is 0 Å². The molecule has 0 aromatic heterocycles. The van der Waals surface area contributed by atoms with E-state index in [0.29, 0.717) is 17.1 Å². The van der Waals surface area contributed by atoms with E-state index in [2.05, 4.69) is 53.8 Å². The number of nitrogens with one attached hydrogen (secondary N) is 1. The molecule has 0 fully saturated rings. The van der Waals surface area contributed by atoms with Crippen molar-refractivity contribution in [2.75, 3.05) is 18.4 Å². The number of hydrogen-bond donors (Lipinski definition) is 2. The van der Waals surface area contributed by atoms with Gasteiger partial charge >= 0.3 is 0 Å². The molecule has 0 atom stereocenters. The van der Waals surface area contributed by atoms with E-state index in [1.54, 1.807) is 0 Å². The summed E-state index contributed by atoms with van der Waals surface area (Å²) in [6.07, 6.45) is 0. The topological polar surface area (TPSA) is 41.3 Å². The van der Waals surface area contributed by atoms with Crippen LogP contribution in [0.15, 0.2) is 22.7 Å². The number of nitrogens with two attached hydrogens (primary N) is 1. The van der Waals surface area contributed by atoms with Gasteiger partial charge in [0, 0.05) is 40.9 Å². The van der Waals surface area contributed by atoms with E-state index < -0.39 is 0 Å². The summed E-state index contributed by atoms with van der Waals surface area (Å²) in [6.45, 7) is 10.7. The highest BCUT2D eigenvalue weighted by molar-refractivity contribution is 9.10. The normalized spacial score (nSPS) is 11.4. The lowest BCUT2D eigenvalue weighted by Gasteiger charge is -2.30. The van der Waals surface area contributed by atoms with Crippen LogP contribution in [-0.4, -0.2) is 35.1 Å². The molecular formula is C15H24BrN3S. The van der Waals surface area contributed by atoms with E-state index in [0.717, 1.165) is 28.8 Å².